The fraction of sp³-hybridized carbons (Fsp3) is 0.622. The second kappa shape index (κ2) is 52.4. The molecule has 3 heterocycles. The number of unbranched alkanes of at least 4 members (excludes halogenated alkanes) is 2. The van der Waals surface area contributed by atoms with Crippen LogP contribution in [0.1, 0.15) is 84.7 Å². The van der Waals surface area contributed by atoms with Gasteiger partial charge in [-0.3, -0.25) is 19.7 Å². The predicted octanol–water partition coefficient (Wildman–Crippen LogP) is 3.03. The summed E-state index contributed by atoms with van der Waals surface area (Å²) in [4.78, 5) is 88.7. The molecule has 6 atom stereocenters. The average Bonchev–Trinajstić information content (AvgIpc) is 1.61. The number of aromatic nitrogens is 3. The van der Waals surface area contributed by atoms with E-state index in [1.165, 1.54) is 30.3 Å². The van der Waals surface area contributed by atoms with Crippen LogP contribution in [-0.4, -0.2) is 304 Å². The summed E-state index contributed by atoms with van der Waals surface area (Å²) >= 11 is 0. The average molecular weight is 1540 g/mol. The highest BCUT2D eigenvalue weighted by Crippen LogP contribution is 2.34. The number of amides is 4. The standard InChI is InChI=1S/C74H111N9O26/c1-5-6-10-60-80-63-64(83(60)49-52-13-11-51(12-14-52)48-82(2)3)55-17-16-54(71(90)91)47-57(55)79-69(63)81-74(94)107-50-53-15-18-59(108-73-67(88)65(86)66(87)68(109-73)72(92)93)58(46-53)78-62(85)19-22-77-70(89)56(75)9-7-8-21-76-61(84)20-23-96-26-27-98-30-31-100-34-35-102-38-39-104-42-43-106-45-44-105-41-40-103-37-36-101-33-32-99-29-28-97-25-24-95-4/h11-18,46-47,56,65-68,73,86-88H,5-10,19-45,48-50,75H2,1-4H3,(H,76,84)(H,77,89)(H,78,85)(H,90,91)(H,92,93)(H,79,81,94)/t56-,65-,66-,67+,68-,73+/m0/s1. The van der Waals surface area contributed by atoms with Crippen molar-refractivity contribution in [3.63, 3.8) is 0 Å². The Bertz CT molecular complexity index is 3480. The number of aliphatic hydroxyl groups is 3. The van der Waals surface area contributed by atoms with E-state index in [0.717, 1.165) is 36.3 Å². The van der Waals surface area contributed by atoms with Gasteiger partial charge in [0.15, 0.2) is 11.9 Å². The molecule has 0 spiro atoms. The molecule has 11 N–H and O–H groups in total. The number of carbonyl (C=O) groups excluding carboxylic acids is 4. The zero-order valence-corrected chi connectivity index (χ0v) is 62.9. The molecule has 4 amide bonds. The van der Waals surface area contributed by atoms with Crippen molar-refractivity contribution < 1.29 is 125 Å². The van der Waals surface area contributed by atoms with Crippen molar-refractivity contribution in [1.82, 2.24) is 30.1 Å². The lowest BCUT2D eigenvalue weighted by Crippen LogP contribution is -2.61. The molecule has 0 unspecified atom stereocenters. The number of nitrogens with one attached hydrogen (secondary N) is 4. The van der Waals surface area contributed by atoms with Crippen LogP contribution in [0.4, 0.5) is 16.3 Å². The first-order valence-electron chi connectivity index (χ1n) is 36.8. The minimum atomic E-state index is -2.02. The zero-order chi connectivity index (χ0) is 78.4. The lowest BCUT2D eigenvalue weighted by molar-refractivity contribution is -0.271. The Kier molecular flexibility index (Phi) is 43.3. The fourth-order valence-electron chi connectivity index (χ4n) is 10.8. The summed E-state index contributed by atoms with van der Waals surface area (Å²) in [6, 6.07) is 15.9. The second-order valence-corrected chi connectivity index (χ2v) is 25.4. The number of aliphatic carboxylic acids is 1. The van der Waals surface area contributed by atoms with Crippen LogP contribution in [0, 0.1) is 0 Å². The predicted molar refractivity (Wildman–Crippen MR) is 395 cm³/mol. The Morgan fingerprint density at radius 1 is 0.587 bits per heavy atom. The number of hydrogen-bond acceptors (Lipinski definition) is 28. The fourth-order valence-corrected chi connectivity index (χ4v) is 10.8. The minimum Gasteiger partial charge on any atom is -0.479 e. The van der Waals surface area contributed by atoms with E-state index in [1.807, 2.05) is 30.8 Å². The first-order chi connectivity index (χ1) is 52.9. The molecule has 109 heavy (non-hydrogen) atoms. The van der Waals surface area contributed by atoms with E-state index in [4.69, 9.17) is 86.8 Å². The number of nitrogens with two attached hydrogens (primary N) is 1. The van der Waals surface area contributed by atoms with Gasteiger partial charge in [0, 0.05) is 57.9 Å². The first kappa shape index (κ1) is 90.1. The number of benzene rings is 3. The van der Waals surface area contributed by atoms with Gasteiger partial charge in [-0.05, 0) is 86.8 Å². The first-order valence-corrected chi connectivity index (χ1v) is 36.8. The summed E-state index contributed by atoms with van der Waals surface area (Å²) in [6.45, 7) is 13.0. The number of anilines is 2. The van der Waals surface area contributed by atoms with Gasteiger partial charge in [-0.15, -0.1) is 0 Å². The van der Waals surface area contributed by atoms with E-state index in [-0.39, 0.29) is 72.2 Å². The third-order valence-electron chi connectivity index (χ3n) is 16.5. The molecule has 0 saturated carbocycles. The summed E-state index contributed by atoms with van der Waals surface area (Å²) in [5.41, 5.74) is 9.63. The summed E-state index contributed by atoms with van der Waals surface area (Å²) < 4.78 is 84.1. The molecule has 1 aliphatic heterocycles. The van der Waals surface area contributed by atoms with Crippen LogP contribution in [-0.2, 0) is 112 Å². The summed E-state index contributed by atoms with van der Waals surface area (Å²) in [6.07, 6.45) is -7.48. The van der Waals surface area contributed by atoms with Crippen molar-refractivity contribution in [2.45, 2.75) is 115 Å². The quantitative estimate of drug-likeness (QED) is 0.0250. The maximum absolute atomic E-state index is 13.9. The highest BCUT2D eigenvalue weighted by Gasteiger charge is 2.48. The number of nitrogens with zero attached hydrogens (tertiary/aromatic N) is 4. The highest BCUT2D eigenvalue weighted by atomic mass is 16.7. The van der Waals surface area contributed by atoms with E-state index in [1.54, 1.807) is 13.2 Å². The molecule has 6 rings (SSSR count). The largest absolute Gasteiger partial charge is 0.479 e. The number of aliphatic hydroxyl groups excluding tert-OH is 3. The zero-order valence-electron chi connectivity index (χ0n) is 62.9. The Balaban J connectivity index is 0.834. The SMILES string of the molecule is CCCCc1nc2c(NC(=O)OCc3ccc(O[C@@H]4O[C@H](C(=O)O)[C@@H](O)[C@H](O)[C@H]4O)c(NC(=O)CCNC(=O)[C@@H](N)CCCCNC(=O)CCOCCOCCOCCOCCOCCOCCOCCOCCOCCOCCOCCOC)c3)nc3cc(C(=O)O)ccc3c2n1Cc1ccc(CN(C)C)cc1. The van der Waals surface area contributed by atoms with Crippen molar-refractivity contribution in [3.8, 4) is 5.75 Å². The molecule has 1 saturated heterocycles. The number of aromatic carboxylic acids is 1. The lowest BCUT2D eigenvalue weighted by Gasteiger charge is -2.38. The van der Waals surface area contributed by atoms with Gasteiger partial charge in [-0.2, -0.15) is 0 Å². The molecule has 0 aliphatic carbocycles. The maximum atomic E-state index is 13.9. The Labute approximate surface area is 634 Å². The summed E-state index contributed by atoms with van der Waals surface area (Å²) in [5, 5.41) is 62.7. The summed E-state index contributed by atoms with van der Waals surface area (Å²) in [5.74, 6) is -3.74. The van der Waals surface area contributed by atoms with E-state index in [0.29, 0.717) is 194 Å². The molecule has 0 bridgehead atoms. The number of methoxy groups -OCH3 is 1. The van der Waals surface area contributed by atoms with Gasteiger partial charge >= 0.3 is 18.0 Å². The number of fused-ring (bicyclic) bond motifs is 3. The number of hydrogen-bond donors (Lipinski definition) is 10. The number of ether oxygens (including phenoxy) is 15. The van der Waals surface area contributed by atoms with Crippen LogP contribution >= 0.6 is 0 Å². The Morgan fingerprint density at radius 2 is 1.13 bits per heavy atom. The van der Waals surface area contributed by atoms with Gasteiger partial charge in [0.2, 0.25) is 24.0 Å². The normalized spacial score (nSPS) is 16.0. The second-order valence-electron chi connectivity index (χ2n) is 25.4. The number of aryl methyl sites for hydroxylation is 1. The lowest BCUT2D eigenvalue weighted by atomic mass is 9.99. The van der Waals surface area contributed by atoms with Crippen molar-refractivity contribution in [1.29, 1.82) is 0 Å². The van der Waals surface area contributed by atoms with Gasteiger partial charge in [-0.1, -0.05) is 43.7 Å². The molecule has 5 aromatic rings. The van der Waals surface area contributed by atoms with Crippen LogP contribution in [0.5, 0.6) is 5.75 Å². The third kappa shape index (κ3) is 34.2. The Morgan fingerprint density at radius 3 is 1.66 bits per heavy atom. The van der Waals surface area contributed by atoms with Crippen LogP contribution in [0.15, 0.2) is 60.7 Å². The number of carboxylic acids is 2. The molecule has 2 aromatic heterocycles. The van der Waals surface area contributed by atoms with Crippen molar-refractivity contribution in [2.24, 2.45) is 5.73 Å². The van der Waals surface area contributed by atoms with Crippen LogP contribution in [0.2, 0.25) is 0 Å². The number of imidazole rings is 1. The molecular formula is C74H111N9O26. The molecule has 1 aliphatic rings. The van der Waals surface area contributed by atoms with E-state index >= 15 is 0 Å². The summed E-state index contributed by atoms with van der Waals surface area (Å²) in [7, 11) is 5.61. The van der Waals surface area contributed by atoms with Gasteiger partial charge in [-0.25, -0.2) is 24.4 Å². The highest BCUT2D eigenvalue weighted by molar-refractivity contribution is 6.10. The maximum Gasteiger partial charge on any atom is 0.413 e. The third-order valence-corrected chi connectivity index (χ3v) is 16.5. The number of rotatable bonds is 60. The van der Waals surface area contributed by atoms with Gasteiger partial charge in [0.05, 0.1) is 180 Å². The monoisotopic (exact) mass is 1540 g/mol. The topological polar surface area (TPSA) is 450 Å². The van der Waals surface area contributed by atoms with E-state index < -0.39 is 73.2 Å². The number of carbonyl (C=O) groups is 6. The molecular weight excluding hydrogens is 1430 g/mol. The minimum absolute atomic E-state index is 0.00109. The van der Waals surface area contributed by atoms with Gasteiger partial charge in [0.25, 0.3) is 0 Å². The van der Waals surface area contributed by atoms with Crippen molar-refractivity contribution >= 4 is 69.2 Å². The Hall–Kier alpha value is -7.76. The molecule has 3 aromatic carbocycles. The van der Waals surface area contributed by atoms with E-state index in [2.05, 4.69) is 45.2 Å². The molecule has 608 valence electrons. The van der Waals surface area contributed by atoms with Gasteiger partial charge < -0.3 is 128 Å². The van der Waals surface area contributed by atoms with Crippen LogP contribution in [0.25, 0.3) is 21.9 Å². The molecule has 1 fully saturated rings. The van der Waals surface area contributed by atoms with Crippen LogP contribution in [0.3, 0.4) is 0 Å². The van der Waals surface area contributed by atoms with E-state index in [9.17, 15) is 54.3 Å². The van der Waals surface area contributed by atoms with Crippen LogP contribution < -0.4 is 31.7 Å². The molecule has 35 heteroatoms. The van der Waals surface area contributed by atoms with Gasteiger partial charge in [0.1, 0.15) is 42.0 Å². The molecule has 0 radical (unpaired) electrons. The molecule has 35 nitrogen and oxygen atoms in total. The van der Waals surface area contributed by atoms with Crippen molar-refractivity contribution in [3.05, 3.63) is 88.7 Å². The number of carboxylic acid groups (broad SMARTS) is 2. The smallest absolute Gasteiger partial charge is 0.413 e. The number of pyridine rings is 1. The van der Waals surface area contributed by atoms with Crippen molar-refractivity contribution in [2.75, 3.05) is 197 Å².